The molecule has 2 aromatic carbocycles. The van der Waals surface area contributed by atoms with Gasteiger partial charge in [-0.05, 0) is 57.5 Å². The Bertz CT molecular complexity index is 959. The van der Waals surface area contributed by atoms with E-state index in [2.05, 4.69) is 5.32 Å². The van der Waals surface area contributed by atoms with Gasteiger partial charge < -0.3 is 10.2 Å². The molecule has 1 unspecified atom stereocenters. The molecule has 4 nitrogen and oxygen atoms in total. The van der Waals surface area contributed by atoms with Crippen LogP contribution in [0.4, 0.5) is 0 Å². The molecule has 2 amide bonds. The van der Waals surface area contributed by atoms with Crippen LogP contribution in [0.2, 0.25) is 20.1 Å². The first-order valence-electron chi connectivity index (χ1n) is 9.95. The molecule has 9 heteroatoms. The van der Waals surface area contributed by atoms with E-state index in [0.29, 0.717) is 31.4 Å². The molecule has 0 radical (unpaired) electrons. The summed E-state index contributed by atoms with van der Waals surface area (Å²) in [5.74, 6) is 0.313. The third kappa shape index (κ3) is 8.03. The van der Waals surface area contributed by atoms with Crippen molar-refractivity contribution in [1.82, 2.24) is 10.2 Å². The Labute approximate surface area is 213 Å². The first kappa shape index (κ1) is 27.1. The van der Waals surface area contributed by atoms with E-state index >= 15 is 0 Å². The Morgan fingerprint density at radius 3 is 2.19 bits per heavy atom. The Balaban J connectivity index is 2.17. The summed E-state index contributed by atoms with van der Waals surface area (Å²) in [7, 11) is 0. The monoisotopic (exact) mass is 534 g/mol. The van der Waals surface area contributed by atoms with E-state index in [0.717, 1.165) is 5.56 Å². The van der Waals surface area contributed by atoms with Gasteiger partial charge in [0.2, 0.25) is 11.8 Å². The van der Waals surface area contributed by atoms with Gasteiger partial charge in [-0.1, -0.05) is 58.5 Å². The van der Waals surface area contributed by atoms with Gasteiger partial charge >= 0.3 is 0 Å². The molecule has 0 aliphatic rings. The van der Waals surface area contributed by atoms with E-state index in [1.807, 2.05) is 26.8 Å². The number of benzene rings is 2. The Morgan fingerprint density at radius 2 is 1.62 bits per heavy atom. The van der Waals surface area contributed by atoms with Gasteiger partial charge in [-0.2, -0.15) is 0 Å². The molecule has 0 aliphatic heterocycles. The van der Waals surface area contributed by atoms with Crippen molar-refractivity contribution in [3.8, 4) is 0 Å². The predicted octanol–water partition coefficient (Wildman–Crippen LogP) is 6.87. The van der Waals surface area contributed by atoms with Crippen LogP contribution in [-0.4, -0.2) is 34.0 Å². The second kappa shape index (κ2) is 11.8. The van der Waals surface area contributed by atoms with Crippen molar-refractivity contribution in [2.45, 2.75) is 51.6 Å². The molecule has 0 spiro atoms. The van der Waals surface area contributed by atoms with Crippen LogP contribution in [0, 0.1) is 0 Å². The van der Waals surface area contributed by atoms with E-state index in [-0.39, 0.29) is 24.1 Å². The zero-order chi connectivity index (χ0) is 24.1. The summed E-state index contributed by atoms with van der Waals surface area (Å²) >= 11 is 26.1. The summed E-state index contributed by atoms with van der Waals surface area (Å²) in [4.78, 5) is 27.5. The van der Waals surface area contributed by atoms with E-state index in [1.165, 1.54) is 16.7 Å². The van der Waals surface area contributed by atoms with Crippen molar-refractivity contribution in [2.75, 3.05) is 5.75 Å². The lowest BCUT2D eigenvalue weighted by atomic mass is 10.1. The number of thioether (sulfide) groups is 1. The minimum Gasteiger partial charge on any atom is -0.350 e. The number of hydrogen-bond donors (Lipinski definition) is 1. The highest BCUT2D eigenvalue weighted by molar-refractivity contribution is 7.99. The van der Waals surface area contributed by atoms with E-state index in [4.69, 9.17) is 46.4 Å². The third-order valence-electron chi connectivity index (χ3n) is 4.53. The molecule has 1 N–H and O–H groups in total. The maximum atomic E-state index is 13.2. The van der Waals surface area contributed by atoms with E-state index < -0.39 is 11.6 Å². The first-order chi connectivity index (χ1) is 14.9. The molecule has 1 atom stereocenters. The molecular formula is C23H26Cl4N2O2S. The number of halogens is 4. The van der Waals surface area contributed by atoms with Crippen molar-refractivity contribution in [3.63, 3.8) is 0 Å². The fraction of sp³-hybridized carbons (Fsp3) is 0.391. The number of carbonyl (C=O) groups is 2. The summed E-state index contributed by atoms with van der Waals surface area (Å²) in [5.41, 5.74) is 1.13. The number of rotatable bonds is 8. The predicted molar refractivity (Wildman–Crippen MR) is 137 cm³/mol. The maximum absolute atomic E-state index is 13.2. The highest BCUT2D eigenvalue weighted by Crippen LogP contribution is 2.28. The molecular weight excluding hydrogens is 510 g/mol. The van der Waals surface area contributed by atoms with Crippen LogP contribution in [-0.2, 0) is 21.9 Å². The van der Waals surface area contributed by atoms with Gasteiger partial charge in [-0.25, -0.2) is 0 Å². The van der Waals surface area contributed by atoms with Crippen molar-refractivity contribution in [3.05, 3.63) is 67.6 Å². The fourth-order valence-corrected chi connectivity index (χ4v) is 4.57. The van der Waals surface area contributed by atoms with Gasteiger partial charge in [0.1, 0.15) is 6.04 Å². The third-order valence-corrected chi connectivity index (χ3v) is 6.97. The number of nitrogens with zero attached hydrogens (tertiary/aromatic N) is 1. The van der Waals surface area contributed by atoms with Crippen molar-refractivity contribution in [1.29, 1.82) is 0 Å². The molecule has 0 bridgehead atoms. The van der Waals surface area contributed by atoms with Gasteiger partial charge in [0.25, 0.3) is 0 Å². The second-order valence-electron chi connectivity index (χ2n) is 8.38. The minimum absolute atomic E-state index is 0.128. The SMILES string of the molecule is CC(C(=O)NC(C)(C)C)N(Cc1c(Cl)cccc1Cl)C(=O)CSCc1ccc(Cl)c(Cl)c1. The van der Waals surface area contributed by atoms with Gasteiger partial charge in [0, 0.05) is 33.4 Å². The molecule has 2 rings (SSSR count). The molecule has 32 heavy (non-hydrogen) atoms. The number of amides is 2. The number of hydrogen-bond acceptors (Lipinski definition) is 3. The molecule has 0 aliphatic carbocycles. The Morgan fingerprint density at radius 1 is 1.00 bits per heavy atom. The minimum atomic E-state index is -0.709. The smallest absolute Gasteiger partial charge is 0.242 e. The van der Waals surface area contributed by atoms with Crippen LogP contribution in [0.1, 0.15) is 38.8 Å². The normalized spacial score (nSPS) is 12.4. The van der Waals surface area contributed by atoms with Crippen LogP contribution in [0.25, 0.3) is 0 Å². The first-order valence-corrected chi connectivity index (χ1v) is 12.6. The molecule has 0 aromatic heterocycles. The highest BCUT2D eigenvalue weighted by atomic mass is 35.5. The molecule has 0 heterocycles. The zero-order valence-electron chi connectivity index (χ0n) is 18.3. The highest BCUT2D eigenvalue weighted by Gasteiger charge is 2.29. The maximum Gasteiger partial charge on any atom is 0.242 e. The van der Waals surface area contributed by atoms with Gasteiger partial charge in [0.05, 0.1) is 15.8 Å². The lowest BCUT2D eigenvalue weighted by Gasteiger charge is -2.32. The van der Waals surface area contributed by atoms with Crippen LogP contribution in [0.15, 0.2) is 36.4 Å². The number of carbonyl (C=O) groups excluding carboxylic acids is 2. The molecule has 0 saturated heterocycles. The van der Waals surface area contributed by atoms with Gasteiger partial charge in [-0.3, -0.25) is 9.59 Å². The quantitative estimate of drug-likeness (QED) is 0.401. The van der Waals surface area contributed by atoms with Crippen LogP contribution in [0.5, 0.6) is 0 Å². The largest absolute Gasteiger partial charge is 0.350 e. The summed E-state index contributed by atoms with van der Waals surface area (Å²) in [6.45, 7) is 7.50. The van der Waals surface area contributed by atoms with Crippen molar-refractivity contribution < 1.29 is 9.59 Å². The Hall–Kier alpha value is -1.11. The lowest BCUT2D eigenvalue weighted by molar-refractivity contribution is -0.139. The molecule has 0 saturated carbocycles. The molecule has 174 valence electrons. The average Bonchev–Trinajstić information content (AvgIpc) is 2.68. The molecule has 0 fully saturated rings. The van der Waals surface area contributed by atoms with Crippen LogP contribution < -0.4 is 5.32 Å². The lowest BCUT2D eigenvalue weighted by Crippen LogP contribution is -2.52. The molecule has 2 aromatic rings. The topological polar surface area (TPSA) is 49.4 Å². The number of nitrogens with one attached hydrogen (secondary N) is 1. The summed E-state index contributed by atoms with van der Waals surface area (Å²) in [6.07, 6.45) is 0. The standard InChI is InChI=1S/C23H26Cl4N2O2S/c1-14(22(31)28-23(2,3)4)29(11-16-17(24)6-5-7-18(16)25)21(30)13-32-12-15-8-9-19(26)20(27)10-15/h5-10,14H,11-13H2,1-4H3,(H,28,31). The zero-order valence-corrected chi connectivity index (χ0v) is 22.2. The van der Waals surface area contributed by atoms with E-state index in [9.17, 15) is 9.59 Å². The van der Waals surface area contributed by atoms with E-state index in [1.54, 1.807) is 37.3 Å². The fourth-order valence-electron chi connectivity index (χ4n) is 2.88. The van der Waals surface area contributed by atoms with Gasteiger partial charge in [0.15, 0.2) is 0 Å². The van der Waals surface area contributed by atoms with Crippen molar-refractivity contribution >= 4 is 70.0 Å². The summed E-state index contributed by atoms with van der Waals surface area (Å²) < 4.78 is 0. The van der Waals surface area contributed by atoms with Crippen LogP contribution in [0.3, 0.4) is 0 Å². The van der Waals surface area contributed by atoms with Crippen LogP contribution >= 0.6 is 58.2 Å². The summed E-state index contributed by atoms with van der Waals surface area (Å²) in [5, 5.41) is 4.78. The second-order valence-corrected chi connectivity index (χ2v) is 11.0. The Kier molecular flexibility index (Phi) is 10.0. The van der Waals surface area contributed by atoms with Crippen molar-refractivity contribution in [2.24, 2.45) is 0 Å². The van der Waals surface area contributed by atoms with Gasteiger partial charge in [-0.15, -0.1) is 11.8 Å². The average molecular weight is 536 g/mol. The summed E-state index contributed by atoms with van der Waals surface area (Å²) in [6, 6.07) is 9.83.